The molecule has 0 bridgehead atoms. The second kappa shape index (κ2) is 4.34. The first-order chi connectivity index (χ1) is 7.99. The normalized spacial score (nSPS) is 11.4. The fraction of sp³-hybridized carbons (Fsp3) is 0.100. The molecule has 2 aromatic rings. The molecule has 0 unspecified atom stereocenters. The fourth-order valence-corrected chi connectivity index (χ4v) is 3.29. The molecule has 0 saturated carbocycles. The topological polar surface area (TPSA) is 79.3 Å². The molecule has 1 aromatic heterocycles. The number of sulfonamides is 1. The molecule has 7 heteroatoms. The highest BCUT2D eigenvalue weighted by molar-refractivity contribution is 7.93. The van der Waals surface area contributed by atoms with Crippen LogP contribution in [-0.2, 0) is 10.0 Å². The molecule has 0 aliphatic carbocycles. The van der Waals surface area contributed by atoms with Crippen molar-refractivity contribution in [3.63, 3.8) is 0 Å². The molecule has 0 aliphatic rings. The van der Waals surface area contributed by atoms with Crippen LogP contribution in [0.3, 0.4) is 0 Å². The molecule has 1 heterocycles. The number of nitrogens with zero attached hydrogens (tertiary/aromatic N) is 1. The predicted octanol–water partition coefficient (Wildman–Crippen LogP) is 1.96. The van der Waals surface area contributed by atoms with E-state index in [2.05, 4.69) is 9.71 Å². The number of aryl methyl sites for hydroxylation is 1. The second-order valence-corrected chi connectivity index (χ2v) is 5.88. The van der Waals surface area contributed by atoms with E-state index in [0.29, 0.717) is 0 Å². The van der Waals surface area contributed by atoms with Crippen molar-refractivity contribution < 1.29 is 13.5 Å². The minimum absolute atomic E-state index is 0.159. The molecule has 2 rings (SSSR count). The number of hydrogen-bond acceptors (Lipinski definition) is 5. The van der Waals surface area contributed by atoms with Gasteiger partial charge < -0.3 is 5.11 Å². The van der Waals surface area contributed by atoms with Gasteiger partial charge in [0.2, 0.25) is 0 Å². The summed E-state index contributed by atoms with van der Waals surface area (Å²) in [5.41, 5.74) is 0.741. The first kappa shape index (κ1) is 11.9. The summed E-state index contributed by atoms with van der Waals surface area (Å²) in [6, 6.07) is 5.75. The smallest absolute Gasteiger partial charge is 0.267 e. The monoisotopic (exact) mass is 270 g/mol. The lowest BCUT2D eigenvalue weighted by molar-refractivity contribution is 0.459. The van der Waals surface area contributed by atoms with E-state index in [-0.39, 0.29) is 15.8 Å². The van der Waals surface area contributed by atoms with E-state index in [1.54, 1.807) is 24.4 Å². The molecule has 17 heavy (non-hydrogen) atoms. The first-order valence-corrected chi connectivity index (χ1v) is 7.08. The van der Waals surface area contributed by atoms with Gasteiger partial charge >= 0.3 is 0 Å². The van der Waals surface area contributed by atoms with Gasteiger partial charge in [-0.05, 0) is 19.1 Å². The molecule has 90 valence electrons. The summed E-state index contributed by atoms with van der Waals surface area (Å²) in [5, 5.41) is 11.5. The van der Waals surface area contributed by atoms with Crippen molar-refractivity contribution in [1.82, 2.24) is 4.98 Å². The van der Waals surface area contributed by atoms with E-state index in [1.807, 2.05) is 0 Å². The Balaban J connectivity index is 2.35. The largest absolute Gasteiger partial charge is 0.507 e. The lowest BCUT2D eigenvalue weighted by Gasteiger charge is -2.06. The van der Waals surface area contributed by atoms with Crippen LogP contribution in [0.1, 0.15) is 5.69 Å². The van der Waals surface area contributed by atoms with Crippen LogP contribution in [0.4, 0.5) is 5.13 Å². The number of anilines is 1. The Labute approximate surface area is 103 Å². The van der Waals surface area contributed by atoms with Crippen molar-refractivity contribution >= 4 is 26.5 Å². The third-order valence-corrected chi connectivity index (χ3v) is 4.39. The average molecular weight is 270 g/mol. The van der Waals surface area contributed by atoms with E-state index in [0.717, 1.165) is 5.69 Å². The molecule has 0 fully saturated rings. The van der Waals surface area contributed by atoms with Crippen LogP contribution in [-0.4, -0.2) is 18.5 Å². The predicted molar refractivity (Wildman–Crippen MR) is 65.8 cm³/mol. The summed E-state index contributed by atoms with van der Waals surface area (Å²) in [4.78, 5) is 3.84. The summed E-state index contributed by atoms with van der Waals surface area (Å²) < 4.78 is 26.2. The van der Waals surface area contributed by atoms with Crippen molar-refractivity contribution in [3.8, 4) is 5.75 Å². The SMILES string of the molecule is Cc1csc(NS(=O)(=O)c2ccccc2O)n1. The number of phenolic OH excluding ortho intramolecular Hbond substituents is 1. The number of aromatic hydroxyl groups is 1. The van der Waals surface area contributed by atoms with Gasteiger partial charge in [0.25, 0.3) is 10.0 Å². The van der Waals surface area contributed by atoms with Gasteiger partial charge in [-0.25, -0.2) is 13.4 Å². The van der Waals surface area contributed by atoms with Crippen molar-refractivity contribution in [3.05, 3.63) is 35.3 Å². The summed E-state index contributed by atoms with van der Waals surface area (Å²) in [6.07, 6.45) is 0. The molecule has 0 amide bonds. The summed E-state index contributed by atoms with van der Waals surface area (Å²) >= 11 is 1.19. The van der Waals surface area contributed by atoms with Gasteiger partial charge in [-0.1, -0.05) is 12.1 Å². The third-order valence-electron chi connectivity index (χ3n) is 2.00. The Kier molecular flexibility index (Phi) is 3.03. The zero-order valence-corrected chi connectivity index (χ0v) is 10.5. The van der Waals surface area contributed by atoms with Gasteiger partial charge in [-0.2, -0.15) is 0 Å². The molecule has 0 atom stereocenters. The number of benzene rings is 1. The van der Waals surface area contributed by atoms with Crippen LogP contribution in [0.25, 0.3) is 0 Å². The number of nitrogens with one attached hydrogen (secondary N) is 1. The minimum atomic E-state index is -3.78. The Bertz CT molecular complexity index is 635. The van der Waals surface area contributed by atoms with Crippen molar-refractivity contribution in [2.24, 2.45) is 0 Å². The van der Waals surface area contributed by atoms with Gasteiger partial charge in [-0.15, -0.1) is 11.3 Å². The van der Waals surface area contributed by atoms with Gasteiger partial charge in [-0.3, -0.25) is 4.72 Å². The lowest BCUT2D eigenvalue weighted by atomic mass is 10.3. The molecule has 0 aliphatic heterocycles. The number of para-hydroxylation sites is 1. The highest BCUT2D eigenvalue weighted by Gasteiger charge is 2.19. The molecular formula is C10H10N2O3S2. The molecule has 0 saturated heterocycles. The van der Waals surface area contributed by atoms with E-state index in [4.69, 9.17) is 0 Å². The number of rotatable bonds is 3. The minimum Gasteiger partial charge on any atom is -0.507 e. The second-order valence-electron chi connectivity index (χ2n) is 3.37. The van der Waals surface area contributed by atoms with Crippen LogP contribution < -0.4 is 4.72 Å². The van der Waals surface area contributed by atoms with Crippen LogP contribution >= 0.6 is 11.3 Å². The fourth-order valence-electron chi connectivity index (χ4n) is 1.26. The lowest BCUT2D eigenvalue weighted by Crippen LogP contribution is -2.12. The number of aromatic nitrogens is 1. The average Bonchev–Trinajstić information content (AvgIpc) is 2.63. The summed E-state index contributed by atoms with van der Waals surface area (Å²) in [7, 11) is -3.78. The zero-order valence-electron chi connectivity index (χ0n) is 8.91. The van der Waals surface area contributed by atoms with Gasteiger partial charge in [0.1, 0.15) is 10.6 Å². The molecular weight excluding hydrogens is 260 g/mol. The maximum absolute atomic E-state index is 11.9. The Morgan fingerprint density at radius 2 is 2.06 bits per heavy atom. The molecule has 2 N–H and O–H groups in total. The maximum Gasteiger partial charge on any atom is 0.267 e. The van der Waals surface area contributed by atoms with Crippen LogP contribution in [0, 0.1) is 6.92 Å². The van der Waals surface area contributed by atoms with E-state index in [1.165, 1.54) is 23.5 Å². The van der Waals surface area contributed by atoms with E-state index in [9.17, 15) is 13.5 Å². The van der Waals surface area contributed by atoms with Crippen molar-refractivity contribution in [2.75, 3.05) is 4.72 Å². The van der Waals surface area contributed by atoms with Gasteiger partial charge in [0.05, 0.1) is 5.69 Å². The molecule has 0 spiro atoms. The standard InChI is InChI=1S/C10H10N2O3S2/c1-7-6-16-10(11-7)12-17(14,15)9-5-3-2-4-8(9)13/h2-6,13H,1H3,(H,11,12). The van der Waals surface area contributed by atoms with Crippen LogP contribution in [0.5, 0.6) is 5.75 Å². The third kappa shape index (κ3) is 2.56. The number of hydrogen-bond donors (Lipinski definition) is 2. The first-order valence-electron chi connectivity index (χ1n) is 4.72. The van der Waals surface area contributed by atoms with Crippen molar-refractivity contribution in [1.29, 1.82) is 0 Å². The Morgan fingerprint density at radius 1 is 1.35 bits per heavy atom. The Morgan fingerprint density at radius 3 is 2.65 bits per heavy atom. The highest BCUT2D eigenvalue weighted by atomic mass is 32.2. The Hall–Kier alpha value is -1.60. The van der Waals surface area contributed by atoms with Crippen LogP contribution in [0.15, 0.2) is 34.5 Å². The van der Waals surface area contributed by atoms with Crippen LogP contribution in [0.2, 0.25) is 0 Å². The van der Waals surface area contributed by atoms with Gasteiger partial charge in [0.15, 0.2) is 5.13 Å². The van der Waals surface area contributed by atoms with Crippen molar-refractivity contribution in [2.45, 2.75) is 11.8 Å². The number of phenols is 1. The highest BCUT2D eigenvalue weighted by Crippen LogP contribution is 2.25. The molecule has 5 nitrogen and oxygen atoms in total. The molecule has 1 aromatic carbocycles. The summed E-state index contributed by atoms with van der Waals surface area (Å²) in [6.45, 7) is 1.77. The molecule has 0 radical (unpaired) electrons. The van der Waals surface area contributed by atoms with E-state index >= 15 is 0 Å². The zero-order chi connectivity index (χ0) is 12.5. The van der Waals surface area contributed by atoms with Gasteiger partial charge in [0, 0.05) is 5.38 Å². The maximum atomic E-state index is 11.9. The quantitative estimate of drug-likeness (QED) is 0.893. The van der Waals surface area contributed by atoms with E-state index < -0.39 is 10.0 Å². The summed E-state index contributed by atoms with van der Waals surface area (Å²) in [5.74, 6) is -0.284. The number of thiazole rings is 1.